The number of nitrogens with one attached hydrogen (secondary N) is 2. The molecule has 0 unspecified atom stereocenters. The lowest BCUT2D eigenvalue weighted by atomic mass is 10.1. The molecule has 0 aliphatic heterocycles. The summed E-state index contributed by atoms with van der Waals surface area (Å²) in [4.78, 5) is 37.4. The second kappa shape index (κ2) is 12.6. The van der Waals surface area contributed by atoms with Crippen LogP contribution in [0.4, 0.5) is 16.3 Å². The molecule has 0 saturated heterocycles. The number of carbonyl (C=O) groups is 2. The van der Waals surface area contributed by atoms with Crippen LogP contribution in [-0.2, 0) is 9.53 Å². The number of rotatable bonds is 10. The van der Waals surface area contributed by atoms with Crippen LogP contribution in [0.2, 0.25) is 0 Å². The first kappa shape index (κ1) is 25.0. The summed E-state index contributed by atoms with van der Waals surface area (Å²) in [5.41, 5.74) is 2.09. The summed E-state index contributed by atoms with van der Waals surface area (Å²) in [7, 11) is 1.77. The van der Waals surface area contributed by atoms with Gasteiger partial charge >= 0.3 is 6.09 Å². The Labute approximate surface area is 203 Å². The smallest absolute Gasteiger partial charge is 0.412 e. The topological polar surface area (TPSA) is 119 Å². The molecule has 35 heavy (non-hydrogen) atoms. The first-order chi connectivity index (χ1) is 16.9. The number of carbonyl (C=O) groups excluding carboxylic acids is 2. The normalized spacial score (nSPS) is 10.1. The summed E-state index contributed by atoms with van der Waals surface area (Å²) >= 11 is 0. The molecule has 10 nitrogen and oxygen atoms in total. The van der Waals surface area contributed by atoms with Gasteiger partial charge in [0.25, 0.3) is 0 Å². The predicted octanol–water partition coefficient (Wildman–Crippen LogP) is 3.79. The van der Waals surface area contributed by atoms with Crippen molar-refractivity contribution in [1.29, 1.82) is 0 Å². The van der Waals surface area contributed by atoms with Crippen molar-refractivity contribution >= 4 is 23.5 Å². The van der Waals surface area contributed by atoms with Gasteiger partial charge in [-0.3, -0.25) is 20.1 Å². The highest BCUT2D eigenvalue weighted by Gasteiger charge is 2.06. The number of ether oxygens (including phenoxy) is 2. The van der Waals surface area contributed by atoms with Crippen molar-refractivity contribution in [2.45, 2.75) is 13.3 Å². The number of nitrogens with zero attached hydrogens (tertiary/aromatic N) is 4. The van der Waals surface area contributed by atoms with Crippen LogP contribution in [0, 0.1) is 12.3 Å². The van der Waals surface area contributed by atoms with Crippen LogP contribution < -0.4 is 15.4 Å². The first-order valence-electron chi connectivity index (χ1n) is 10.8. The van der Waals surface area contributed by atoms with Gasteiger partial charge in [-0.2, -0.15) is 4.98 Å². The number of aromatic nitrogens is 3. The third-order valence-electron chi connectivity index (χ3n) is 4.80. The Morgan fingerprint density at radius 3 is 2.60 bits per heavy atom. The number of hydrogen-bond donors (Lipinski definition) is 2. The SMILES string of the molecule is C#CCOC(=O)Nc1ccc(-c2ccc(Oc3cncc(NCCCN(C)C(C)=O)n3)cc2)nc1. The van der Waals surface area contributed by atoms with Gasteiger partial charge in [0.2, 0.25) is 11.8 Å². The minimum atomic E-state index is -0.637. The fourth-order valence-electron chi connectivity index (χ4n) is 2.89. The molecule has 0 aliphatic carbocycles. The lowest BCUT2D eigenvalue weighted by molar-refractivity contribution is -0.127. The fraction of sp³-hybridized carbons (Fsp3) is 0.240. The molecule has 2 N–H and O–H groups in total. The van der Waals surface area contributed by atoms with E-state index in [1.165, 1.54) is 12.4 Å². The minimum Gasteiger partial charge on any atom is -0.437 e. The first-order valence-corrected chi connectivity index (χ1v) is 10.8. The number of hydrogen-bond acceptors (Lipinski definition) is 8. The van der Waals surface area contributed by atoms with E-state index in [2.05, 4.69) is 31.5 Å². The minimum absolute atomic E-state index is 0.0367. The van der Waals surface area contributed by atoms with E-state index < -0.39 is 6.09 Å². The molecule has 0 fully saturated rings. The summed E-state index contributed by atoms with van der Waals surface area (Å²) in [6.07, 6.45) is 9.88. The van der Waals surface area contributed by atoms with Crippen molar-refractivity contribution in [2.75, 3.05) is 37.4 Å². The van der Waals surface area contributed by atoms with E-state index in [1.54, 1.807) is 49.3 Å². The summed E-state index contributed by atoms with van der Waals surface area (Å²) in [6, 6.07) is 10.8. The maximum Gasteiger partial charge on any atom is 0.412 e. The average molecular weight is 475 g/mol. The molecule has 0 spiro atoms. The second-order valence-electron chi connectivity index (χ2n) is 7.43. The van der Waals surface area contributed by atoms with Crippen LogP contribution >= 0.6 is 0 Å². The van der Waals surface area contributed by atoms with E-state index in [9.17, 15) is 9.59 Å². The van der Waals surface area contributed by atoms with E-state index in [4.69, 9.17) is 15.9 Å². The van der Waals surface area contributed by atoms with Gasteiger partial charge in [-0.05, 0) is 42.8 Å². The van der Waals surface area contributed by atoms with Crippen molar-refractivity contribution in [2.24, 2.45) is 0 Å². The van der Waals surface area contributed by atoms with Crippen LogP contribution in [0.1, 0.15) is 13.3 Å². The van der Waals surface area contributed by atoms with E-state index in [0.717, 1.165) is 17.7 Å². The Balaban J connectivity index is 1.53. The van der Waals surface area contributed by atoms with Crippen molar-refractivity contribution in [3.63, 3.8) is 0 Å². The maximum atomic E-state index is 11.6. The quantitative estimate of drug-likeness (QED) is 0.337. The van der Waals surface area contributed by atoms with Gasteiger partial charge < -0.3 is 19.7 Å². The molecule has 0 saturated carbocycles. The molecule has 1 aromatic carbocycles. The van der Waals surface area contributed by atoms with E-state index >= 15 is 0 Å². The second-order valence-corrected chi connectivity index (χ2v) is 7.43. The van der Waals surface area contributed by atoms with E-state index in [0.29, 0.717) is 36.2 Å². The molecule has 2 heterocycles. The van der Waals surface area contributed by atoms with Crippen molar-refractivity contribution in [1.82, 2.24) is 19.9 Å². The molecule has 0 aliphatic rings. The van der Waals surface area contributed by atoms with Gasteiger partial charge in [-0.15, -0.1) is 6.42 Å². The Bertz CT molecular complexity index is 1180. The number of terminal acetylenes is 1. The standard InChI is InChI=1S/C25H26N6O4/c1-4-14-34-25(33)29-20-8-11-22(28-15-20)19-6-9-21(10-7-19)35-24-17-26-16-23(30-24)27-12-5-13-31(3)18(2)32/h1,6-11,15-17H,5,12-14H2,2-3H3,(H,27,30)(H,29,33). The highest BCUT2D eigenvalue weighted by Crippen LogP contribution is 2.25. The zero-order chi connectivity index (χ0) is 25.0. The molecular formula is C25H26N6O4. The molecule has 0 radical (unpaired) electrons. The van der Waals surface area contributed by atoms with Crippen LogP contribution in [0.25, 0.3) is 11.3 Å². The maximum absolute atomic E-state index is 11.6. The highest BCUT2D eigenvalue weighted by molar-refractivity contribution is 5.84. The van der Waals surface area contributed by atoms with Crippen LogP contribution in [0.5, 0.6) is 11.6 Å². The van der Waals surface area contributed by atoms with E-state index in [1.807, 2.05) is 12.1 Å². The zero-order valence-electron chi connectivity index (χ0n) is 19.5. The Morgan fingerprint density at radius 2 is 1.91 bits per heavy atom. The summed E-state index contributed by atoms with van der Waals surface area (Å²) < 4.78 is 10.6. The van der Waals surface area contributed by atoms with Gasteiger partial charge in [-0.25, -0.2) is 4.79 Å². The molecule has 3 aromatic rings. The Morgan fingerprint density at radius 1 is 1.11 bits per heavy atom. The van der Waals surface area contributed by atoms with Crippen LogP contribution in [0.3, 0.4) is 0 Å². The summed E-state index contributed by atoms with van der Waals surface area (Å²) in [5.74, 6) is 3.80. The molecule has 2 amide bonds. The lowest BCUT2D eigenvalue weighted by Crippen LogP contribution is -2.26. The number of pyridine rings is 1. The third kappa shape index (κ3) is 8.01. The molecular weight excluding hydrogens is 448 g/mol. The number of amides is 2. The number of benzene rings is 1. The van der Waals surface area contributed by atoms with Gasteiger partial charge in [0.15, 0.2) is 6.61 Å². The molecule has 180 valence electrons. The van der Waals surface area contributed by atoms with Crippen LogP contribution in [-0.4, -0.2) is 58.6 Å². The van der Waals surface area contributed by atoms with Gasteiger partial charge in [0.05, 0.1) is 30.0 Å². The predicted molar refractivity (Wildman–Crippen MR) is 132 cm³/mol. The Hall–Kier alpha value is -4.65. The largest absolute Gasteiger partial charge is 0.437 e. The van der Waals surface area contributed by atoms with Crippen molar-refractivity contribution < 1.29 is 19.1 Å². The molecule has 10 heteroatoms. The third-order valence-corrected chi connectivity index (χ3v) is 4.80. The Kier molecular flexibility index (Phi) is 8.96. The summed E-state index contributed by atoms with van der Waals surface area (Å²) in [5, 5.41) is 5.73. The summed E-state index contributed by atoms with van der Waals surface area (Å²) in [6.45, 7) is 2.75. The van der Waals surface area contributed by atoms with Crippen molar-refractivity contribution in [3.05, 3.63) is 55.0 Å². The van der Waals surface area contributed by atoms with Gasteiger partial charge in [-0.1, -0.05) is 5.92 Å². The lowest BCUT2D eigenvalue weighted by Gasteiger charge is -2.14. The van der Waals surface area contributed by atoms with Gasteiger partial charge in [0, 0.05) is 32.6 Å². The molecule has 0 atom stereocenters. The van der Waals surface area contributed by atoms with Crippen LogP contribution in [0.15, 0.2) is 55.0 Å². The van der Waals surface area contributed by atoms with E-state index in [-0.39, 0.29) is 12.5 Å². The average Bonchev–Trinajstić information content (AvgIpc) is 2.86. The molecule has 0 bridgehead atoms. The van der Waals surface area contributed by atoms with Crippen molar-refractivity contribution in [3.8, 4) is 35.2 Å². The fourth-order valence-corrected chi connectivity index (χ4v) is 2.89. The zero-order valence-corrected chi connectivity index (χ0v) is 19.5. The highest BCUT2D eigenvalue weighted by atomic mass is 16.5. The molecule has 2 aromatic heterocycles. The monoisotopic (exact) mass is 474 g/mol. The number of anilines is 2. The molecule has 3 rings (SSSR count). The van der Waals surface area contributed by atoms with Gasteiger partial charge in [0.1, 0.15) is 11.6 Å².